The molecule has 0 spiro atoms. The summed E-state index contributed by atoms with van der Waals surface area (Å²) >= 11 is 4.86. The number of thiocarbonyl (C=S) groups is 1. The van der Waals surface area contributed by atoms with Crippen LogP contribution in [0.4, 0.5) is 0 Å². The van der Waals surface area contributed by atoms with Gasteiger partial charge >= 0.3 is 0 Å². The topological polar surface area (TPSA) is 63.4 Å². The van der Waals surface area contributed by atoms with E-state index in [0.29, 0.717) is 18.9 Å². The second kappa shape index (κ2) is 6.82. The number of nitrogens with zero attached hydrogens (tertiary/aromatic N) is 1. The first kappa shape index (κ1) is 15.9. The molecule has 1 rings (SSSR count). The van der Waals surface area contributed by atoms with Gasteiger partial charge in [-0.15, -0.1) is 0 Å². The number of hydrogen-bond donors (Lipinski definition) is 1. The highest BCUT2D eigenvalue weighted by Crippen LogP contribution is 2.25. The summed E-state index contributed by atoms with van der Waals surface area (Å²) in [6, 6.07) is 0. The van der Waals surface area contributed by atoms with Crippen LogP contribution in [-0.4, -0.2) is 36.6 Å². The van der Waals surface area contributed by atoms with Gasteiger partial charge in [0.1, 0.15) is 5.25 Å². The van der Waals surface area contributed by atoms with Crippen molar-refractivity contribution in [2.24, 2.45) is 11.7 Å². The quantitative estimate of drug-likeness (QED) is 0.759. The maximum Gasteiger partial charge on any atom is 0.223 e. The van der Waals surface area contributed by atoms with E-state index in [-0.39, 0.29) is 4.99 Å². The molecule has 1 unspecified atom stereocenters. The fourth-order valence-electron chi connectivity index (χ4n) is 2.61. The Morgan fingerprint density at radius 3 is 2.39 bits per heavy atom. The Morgan fingerprint density at radius 2 is 1.94 bits per heavy atom. The van der Waals surface area contributed by atoms with E-state index in [9.17, 15) is 8.42 Å². The molecule has 4 nitrogen and oxygen atoms in total. The van der Waals surface area contributed by atoms with Crippen molar-refractivity contribution in [1.82, 2.24) is 4.31 Å². The van der Waals surface area contributed by atoms with Crippen LogP contribution in [0.3, 0.4) is 0 Å². The maximum atomic E-state index is 12.3. The van der Waals surface area contributed by atoms with Crippen molar-refractivity contribution < 1.29 is 8.42 Å². The van der Waals surface area contributed by atoms with Crippen molar-refractivity contribution in [2.45, 2.75) is 50.7 Å². The molecule has 1 saturated carbocycles. The summed E-state index contributed by atoms with van der Waals surface area (Å²) in [4.78, 5) is 0.0768. The van der Waals surface area contributed by atoms with E-state index in [1.54, 1.807) is 14.0 Å². The van der Waals surface area contributed by atoms with Gasteiger partial charge in [0.15, 0.2) is 0 Å². The zero-order valence-corrected chi connectivity index (χ0v) is 12.9. The van der Waals surface area contributed by atoms with E-state index in [1.807, 2.05) is 0 Å². The number of hydrogen-bond acceptors (Lipinski definition) is 3. The molecular formula is C12H24N2O2S2. The van der Waals surface area contributed by atoms with Crippen molar-refractivity contribution in [2.75, 3.05) is 13.6 Å². The van der Waals surface area contributed by atoms with Crippen molar-refractivity contribution in [3.05, 3.63) is 0 Å². The van der Waals surface area contributed by atoms with Gasteiger partial charge in [-0.1, -0.05) is 38.4 Å². The summed E-state index contributed by atoms with van der Waals surface area (Å²) in [6.07, 6.45) is 6.40. The normalized spacial score (nSPS) is 19.9. The third-order valence-corrected chi connectivity index (χ3v) is 6.48. The van der Waals surface area contributed by atoms with Gasteiger partial charge in [-0.25, -0.2) is 12.7 Å². The monoisotopic (exact) mass is 292 g/mol. The molecule has 1 fully saturated rings. The molecule has 2 N–H and O–H groups in total. The van der Waals surface area contributed by atoms with E-state index in [1.165, 1.54) is 23.6 Å². The molecule has 0 aliphatic heterocycles. The van der Waals surface area contributed by atoms with E-state index in [2.05, 4.69) is 0 Å². The molecule has 18 heavy (non-hydrogen) atoms. The first-order chi connectivity index (χ1) is 8.39. The van der Waals surface area contributed by atoms with Crippen molar-refractivity contribution >= 4 is 27.2 Å². The van der Waals surface area contributed by atoms with Crippen LogP contribution in [0.1, 0.15) is 45.4 Å². The van der Waals surface area contributed by atoms with Gasteiger partial charge in [-0.3, -0.25) is 0 Å². The minimum Gasteiger partial charge on any atom is -0.392 e. The molecule has 0 aromatic carbocycles. The third-order valence-electron chi connectivity index (χ3n) is 3.72. The summed E-state index contributed by atoms with van der Waals surface area (Å²) in [6.45, 7) is 2.40. The van der Waals surface area contributed by atoms with Gasteiger partial charge in [0, 0.05) is 13.6 Å². The fraction of sp³-hybridized carbons (Fsp3) is 0.917. The largest absolute Gasteiger partial charge is 0.392 e. The second-order valence-corrected chi connectivity index (χ2v) is 7.82. The molecular weight excluding hydrogens is 268 g/mol. The summed E-state index contributed by atoms with van der Waals surface area (Å²) < 4.78 is 26.1. The molecule has 1 aliphatic carbocycles. The highest BCUT2D eigenvalue weighted by Gasteiger charge is 2.32. The zero-order chi connectivity index (χ0) is 13.8. The lowest BCUT2D eigenvalue weighted by Gasteiger charge is -2.28. The first-order valence-corrected chi connectivity index (χ1v) is 8.55. The second-order valence-electron chi connectivity index (χ2n) is 5.13. The Hall–Kier alpha value is -0.200. The maximum absolute atomic E-state index is 12.3. The van der Waals surface area contributed by atoms with Crippen LogP contribution in [0.25, 0.3) is 0 Å². The smallest absolute Gasteiger partial charge is 0.223 e. The van der Waals surface area contributed by atoms with Crippen LogP contribution < -0.4 is 5.73 Å². The minimum atomic E-state index is -3.38. The summed E-state index contributed by atoms with van der Waals surface area (Å²) in [5, 5.41) is -0.721. The Morgan fingerprint density at radius 1 is 1.39 bits per heavy atom. The first-order valence-electron chi connectivity index (χ1n) is 6.64. The Bertz CT molecular complexity index is 376. The molecule has 0 saturated heterocycles. The SMILES string of the molecule is CCC(C(N)=S)S(=O)(=O)N(C)CC1CCCCC1. The molecule has 106 valence electrons. The summed E-state index contributed by atoms with van der Waals surface area (Å²) in [7, 11) is -1.74. The highest BCUT2D eigenvalue weighted by molar-refractivity contribution is 7.92. The number of sulfonamides is 1. The lowest BCUT2D eigenvalue weighted by Crippen LogP contribution is -2.44. The fourth-order valence-corrected chi connectivity index (χ4v) is 4.71. The lowest BCUT2D eigenvalue weighted by molar-refractivity contribution is 0.299. The van der Waals surface area contributed by atoms with Gasteiger partial charge in [0.05, 0.1) is 4.99 Å². The van der Waals surface area contributed by atoms with Crippen molar-refractivity contribution in [1.29, 1.82) is 0 Å². The number of rotatable bonds is 6. The standard InChI is InChI=1S/C12H24N2O2S2/c1-3-11(12(13)17)18(15,16)14(2)9-10-7-5-4-6-8-10/h10-11H,3-9H2,1-2H3,(H2,13,17). The molecule has 0 amide bonds. The summed E-state index contributed by atoms with van der Waals surface area (Å²) in [5.41, 5.74) is 5.53. The van der Waals surface area contributed by atoms with Crippen LogP contribution in [0, 0.1) is 5.92 Å². The molecule has 0 radical (unpaired) electrons. The van der Waals surface area contributed by atoms with E-state index in [0.717, 1.165) is 12.8 Å². The van der Waals surface area contributed by atoms with Crippen molar-refractivity contribution in [3.63, 3.8) is 0 Å². The Kier molecular flexibility index (Phi) is 6.01. The molecule has 0 bridgehead atoms. The Labute approximate surface area is 116 Å². The highest BCUT2D eigenvalue weighted by atomic mass is 32.2. The van der Waals surface area contributed by atoms with Gasteiger partial charge in [0.25, 0.3) is 0 Å². The predicted molar refractivity (Wildman–Crippen MR) is 79.0 cm³/mol. The molecule has 1 aliphatic rings. The lowest BCUT2D eigenvalue weighted by atomic mass is 9.89. The summed E-state index contributed by atoms with van der Waals surface area (Å²) in [5.74, 6) is 0.488. The van der Waals surface area contributed by atoms with E-state index < -0.39 is 15.3 Å². The van der Waals surface area contributed by atoms with Crippen LogP contribution in [-0.2, 0) is 10.0 Å². The third kappa shape index (κ3) is 3.90. The van der Waals surface area contributed by atoms with Gasteiger partial charge in [-0.05, 0) is 25.2 Å². The molecule has 0 aromatic rings. The molecule has 0 aromatic heterocycles. The van der Waals surface area contributed by atoms with Gasteiger partial charge in [-0.2, -0.15) is 0 Å². The van der Waals surface area contributed by atoms with Crippen LogP contribution >= 0.6 is 12.2 Å². The van der Waals surface area contributed by atoms with Gasteiger partial charge in [0.2, 0.25) is 10.0 Å². The van der Waals surface area contributed by atoms with Crippen molar-refractivity contribution in [3.8, 4) is 0 Å². The van der Waals surface area contributed by atoms with Crippen LogP contribution in [0.2, 0.25) is 0 Å². The molecule has 1 atom stereocenters. The average Bonchev–Trinajstić information content (AvgIpc) is 2.30. The van der Waals surface area contributed by atoms with Gasteiger partial charge < -0.3 is 5.73 Å². The number of nitrogens with two attached hydrogens (primary N) is 1. The van der Waals surface area contributed by atoms with E-state index in [4.69, 9.17) is 18.0 Å². The average molecular weight is 292 g/mol. The Balaban J connectivity index is 2.68. The zero-order valence-electron chi connectivity index (χ0n) is 11.3. The molecule has 6 heteroatoms. The van der Waals surface area contributed by atoms with E-state index >= 15 is 0 Å². The van der Waals surface area contributed by atoms with Crippen LogP contribution in [0.15, 0.2) is 0 Å². The van der Waals surface area contributed by atoms with Crippen LogP contribution in [0.5, 0.6) is 0 Å². The predicted octanol–water partition coefficient (Wildman–Crippen LogP) is 1.89. The molecule has 0 heterocycles. The minimum absolute atomic E-state index is 0.0768.